The van der Waals surface area contributed by atoms with Crippen LogP contribution in [0.3, 0.4) is 0 Å². The number of carbonyl (C=O) groups excluding carboxylic acids is 1. The number of hydrogen-bond acceptors (Lipinski definition) is 3. The lowest BCUT2D eigenvalue weighted by Crippen LogP contribution is -2.13. The summed E-state index contributed by atoms with van der Waals surface area (Å²) in [5.74, 6) is 1.89. The van der Waals surface area contributed by atoms with Gasteiger partial charge in [0.05, 0.1) is 17.3 Å². The summed E-state index contributed by atoms with van der Waals surface area (Å²) in [6.07, 6.45) is 6.26. The van der Waals surface area contributed by atoms with E-state index in [9.17, 15) is 4.79 Å². The molecule has 1 atom stereocenters. The topological polar surface area (TPSA) is 55.0 Å². The molecule has 4 nitrogen and oxygen atoms in total. The molecule has 0 aliphatic heterocycles. The quantitative estimate of drug-likeness (QED) is 0.612. The number of carbonyl (C=O) groups is 1. The van der Waals surface area contributed by atoms with Crippen molar-refractivity contribution >= 4 is 16.9 Å². The van der Waals surface area contributed by atoms with E-state index in [4.69, 9.17) is 11.2 Å². The highest BCUT2D eigenvalue weighted by Crippen LogP contribution is 2.16. The molecule has 0 aliphatic carbocycles. The molecule has 1 aromatic heterocycles. The smallest absolute Gasteiger partial charge is 0.341 e. The Hall–Kier alpha value is -2.28. The number of aromatic amines is 1. The Kier molecular flexibility index (Phi) is 2.61. The van der Waals surface area contributed by atoms with Gasteiger partial charge >= 0.3 is 5.97 Å². The SMILES string of the molecule is C#CC(C)OC(=O)c1cccc2cn[nH]c12. The standard InChI is InChI=1S/C12H10N2O2/c1-3-8(2)16-12(15)10-6-4-5-9-7-13-14-11(9)10/h1,4-8H,2H3,(H,13,14). The van der Waals surface area contributed by atoms with E-state index in [-0.39, 0.29) is 0 Å². The van der Waals surface area contributed by atoms with Crippen LogP contribution in [0.25, 0.3) is 10.9 Å². The molecule has 1 N–H and O–H groups in total. The van der Waals surface area contributed by atoms with Crippen LogP contribution in [0.2, 0.25) is 0 Å². The predicted molar refractivity (Wildman–Crippen MR) is 59.8 cm³/mol. The summed E-state index contributed by atoms with van der Waals surface area (Å²) in [6.45, 7) is 1.64. The summed E-state index contributed by atoms with van der Waals surface area (Å²) < 4.78 is 5.04. The molecule has 16 heavy (non-hydrogen) atoms. The van der Waals surface area contributed by atoms with E-state index in [1.165, 1.54) is 0 Å². The van der Waals surface area contributed by atoms with Crippen molar-refractivity contribution in [3.05, 3.63) is 30.0 Å². The van der Waals surface area contributed by atoms with Gasteiger partial charge in [-0.05, 0) is 13.0 Å². The second kappa shape index (κ2) is 4.07. The maximum Gasteiger partial charge on any atom is 0.341 e. The number of nitrogens with zero attached hydrogens (tertiary/aromatic N) is 1. The van der Waals surface area contributed by atoms with Crippen molar-refractivity contribution in [2.24, 2.45) is 0 Å². The van der Waals surface area contributed by atoms with Gasteiger partial charge in [0, 0.05) is 5.39 Å². The van der Waals surface area contributed by atoms with E-state index in [2.05, 4.69) is 16.1 Å². The molecule has 0 aliphatic rings. The maximum atomic E-state index is 11.8. The number of rotatable bonds is 2. The van der Waals surface area contributed by atoms with Gasteiger partial charge in [-0.15, -0.1) is 6.42 Å². The van der Waals surface area contributed by atoms with Crippen molar-refractivity contribution in [3.8, 4) is 12.3 Å². The molecule has 0 saturated heterocycles. The molecule has 0 fully saturated rings. The predicted octanol–water partition coefficient (Wildman–Crippen LogP) is 1.74. The number of para-hydroxylation sites is 1. The third-order valence-corrected chi connectivity index (χ3v) is 2.22. The largest absolute Gasteiger partial charge is 0.446 e. The molecule has 1 unspecified atom stereocenters. The maximum absolute atomic E-state index is 11.8. The fourth-order valence-corrected chi connectivity index (χ4v) is 1.40. The lowest BCUT2D eigenvalue weighted by Gasteiger charge is -2.07. The van der Waals surface area contributed by atoms with Gasteiger partial charge in [-0.2, -0.15) is 5.10 Å². The Balaban J connectivity index is 2.37. The summed E-state index contributed by atoms with van der Waals surface area (Å²) in [5.41, 5.74) is 1.11. The monoisotopic (exact) mass is 214 g/mol. The summed E-state index contributed by atoms with van der Waals surface area (Å²) in [5, 5.41) is 7.49. The first-order chi connectivity index (χ1) is 7.72. The molecule has 0 spiro atoms. The van der Waals surface area contributed by atoms with E-state index < -0.39 is 12.1 Å². The Morgan fingerprint density at radius 2 is 2.44 bits per heavy atom. The zero-order valence-electron chi connectivity index (χ0n) is 8.73. The van der Waals surface area contributed by atoms with Crippen molar-refractivity contribution in [1.29, 1.82) is 0 Å². The summed E-state index contributed by atoms with van der Waals surface area (Å²) in [7, 11) is 0. The van der Waals surface area contributed by atoms with Crippen LogP contribution in [0, 0.1) is 12.3 Å². The fourth-order valence-electron chi connectivity index (χ4n) is 1.40. The van der Waals surface area contributed by atoms with Crippen LogP contribution in [-0.2, 0) is 4.74 Å². The third kappa shape index (κ3) is 1.75. The molecular weight excluding hydrogens is 204 g/mol. The lowest BCUT2D eigenvalue weighted by atomic mass is 10.1. The highest BCUT2D eigenvalue weighted by molar-refractivity contribution is 6.02. The van der Waals surface area contributed by atoms with Crippen molar-refractivity contribution in [2.75, 3.05) is 0 Å². The molecule has 0 radical (unpaired) electrons. The van der Waals surface area contributed by atoms with Crippen molar-refractivity contribution in [2.45, 2.75) is 13.0 Å². The van der Waals surface area contributed by atoms with E-state index >= 15 is 0 Å². The van der Waals surface area contributed by atoms with Crippen LogP contribution in [0.4, 0.5) is 0 Å². The molecule has 1 heterocycles. The minimum absolute atomic E-state index is 0.442. The number of ether oxygens (including phenoxy) is 1. The molecule has 80 valence electrons. The number of aromatic nitrogens is 2. The van der Waals surface area contributed by atoms with Crippen molar-refractivity contribution in [1.82, 2.24) is 10.2 Å². The first-order valence-electron chi connectivity index (χ1n) is 4.81. The molecular formula is C12H10N2O2. The minimum Gasteiger partial charge on any atom is -0.446 e. The van der Waals surface area contributed by atoms with Crippen LogP contribution < -0.4 is 0 Å². The number of esters is 1. The van der Waals surface area contributed by atoms with Crippen LogP contribution in [0.15, 0.2) is 24.4 Å². The summed E-state index contributed by atoms with van der Waals surface area (Å²) in [6, 6.07) is 5.31. The molecule has 2 rings (SSSR count). The average molecular weight is 214 g/mol. The first-order valence-corrected chi connectivity index (χ1v) is 4.81. The van der Waals surface area contributed by atoms with Gasteiger partial charge in [0.15, 0.2) is 6.10 Å². The minimum atomic E-state index is -0.536. The summed E-state index contributed by atoms with van der Waals surface area (Å²) >= 11 is 0. The first kappa shape index (κ1) is 10.2. The Morgan fingerprint density at radius 1 is 1.62 bits per heavy atom. The van der Waals surface area contributed by atoms with E-state index in [1.807, 2.05) is 6.07 Å². The number of benzene rings is 1. The second-order valence-electron chi connectivity index (χ2n) is 3.35. The van der Waals surface area contributed by atoms with E-state index in [0.29, 0.717) is 11.1 Å². The average Bonchev–Trinajstić information content (AvgIpc) is 2.76. The number of fused-ring (bicyclic) bond motifs is 1. The summed E-state index contributed by atoms with van der Waals surface area (Å²) in [4.78, 5) is 11.8. The van der Waals surface area contributed by atoms with Crippen molar-refractivity contribution < 1.29 is 9.53 Å². The van der Waals surface area contributed by atoms with Crippen LogP contribution in [0.5, 0.6) is 0 Å². The number of terminal acetylenes is 1. The molecule has 4 heteroatoms. The Labute approximate surface area is 92.6 Å². The molecule has 0 saturated carbocycles. The van der Waals surface area contributed by atoms with Gasteiger partial charge in [0.2, 0.25) is 0 Å². The number of nitrogens with one attached hydrogen (secondary N) is 1. The third-order valence-electron chi connectivity index (χ3n) is 2.22. The van der Waals surface area contributed by atoms with Crippen LogP contribution >= 0.6 is 0 Å². The van der Waals surface area contributed by atoms with Crippen LogP contribution in [-0.4, -0.2) is 22.3 Å². The Morgan fingerprint density at radius 3 is 3.19 bits per heavy atom. The fraction of sp³-hybridized carbons (Fsp3) is 0.167. The van der Waals surface area contributed by atoms with Gasteiger partial charge in [0.25, 0.3) is 0 Å². The number of hydrogen-bond donors (Lipinski definition) is 1. The molecule has 0 amide bonds. The second-order valence-corrected chi connectivity index (χ2v) is 3.35. The molecule has 2 aromatic rings. The van der Waals surface area contributed by atoms with Gasteiger partial charge in [-0.25, -0.2) is 4.79 Å². The van der Waals surface area contributed by atoms with Gasteiger partial charge in [0.1, 0.15) is 0 Å². The highest BCUT2D eigenvalue weighted by atomic mass is 16.5. The van der Waals surface area contributed by atoms with Gasteiger partial charge in [-0.3, -0.25) is 5.10 Å². The van der Waals surface area contributed by atoms with Crippen LogP contribution in [0.1, 0.15) is 17.3 Å². The Bertz CT molecular complexity index is 566. The zero-order chi connectivity index (χ0) is 11.5. The van der Waals surface area contributed by atoms with E-state index in [0.717, 1.165) is 5.39 Å². The van der Waals surface area contributed by atoms with Gasteiger partial charge < -0.3 is 4.74 Å². The van der Waals surface area contributed by atoms with Gasteiger partial charge in [-0.1, -0.05) is 18.1 Å². The molecule has 0 bridgehead atoms. The zero-order valence-corrected chi connectivity index (χ0v) is 8.73. The number of H-pyrrole nitrogens is 1. The lowest BCUT2D eigenvalue weighted by molar-refractivity contribution is 0.0441. The molecule has 1 aromatic carbocycles. The van der Waals surface area contributed by atoms with E-state index in [1.54, 1.807) is 25.3 Å². The normalized spacial score (nSPS) is 12.0. The van der Waals surface area contributed by atoms with Crippen molar-refractivity contribution in [3.63, 3.8) is 0 Å². The highest BCUT2D eigenvalue weighted by Gasteiger charge is 2.14.